The van der Waals surface area contributed by atoms with Crippen LogP contribution in [0.5, 0.6) is 11.5 Å². The predicted octanol–water partition coefficient (Wildman–Crippen LogP) is 0.358. The second-order valence-corrected chi connectivity index (χ2v) is 5.51. The smallest absolute Gasteiger partial charge is 0.332 e. The zero-order valence-corrected chi connectivity index (χ0v) is 14.0. The van der Waals surface area contributed by atoms with Crippen LogP contribution in [0, 0.1) is 11.3 Å². The summed E-state index contributed by atoms with van der Waals surface area (Å²) in [5.41, 5.74) is -0.788. The summed E-state index contributed by atoms with van der Waals surface area (Å²) in [5, 5.41) is 11.7. The van der Waals surface area contributed by atoms with Gasteiger partial charge >= 0.3 is 5.69 Å². The third kappa shape index (κ3) is 3.08. The third-order valence-corrected chi connectivity index (χ3v) is 3.84. The number of nitrogens with one attached hydrogen (secondary N) is 1. The summed E-state index contributed by atoms with van der Waals surface area (Å²) in [6, 6.07) is 7.90. The van der Waals surface area contributed by atoms with Gasteiger partial charge in [-0.1, -0.05) is 6.07 Å². The number of carbonyl (C=O) groups excluding carboxylic acids is 1. The molecule has 0 spiro atoms. The lowest BCUT2D eigenvalue weighted by Gasteiger charge is -2.10. The fourth-order valence-corrected chi connectivity index (χ4v) is 2.35. The molecule has 1 amide bonds. The van der Waals surface area contributed by atoms with Crippen molar-refractivity contribution in [3.63, 3.8) is 0 Å². The highest BCUT2D eigenvalue weighted by atomic mass is 16.7. The highest BCUT2D eigenvalue weighted by Gasteiger charge is 2.16. The minimum Gasteiger partial charge on any atom is -0.454 e. The number of nitriles is 1. The average molecular weight is 354 g/mol. The summed E-state index contributed by atoms with van der Waals surface area (Å²) in [4.78, 5) is 36.0. The Morgan fingerprint density at radius 1 is 1.19 bits per heavy atom. The van der Waals surface area contributed by atoms with Crippen LogP contribution in [0.1, 0.15) is 5.56 Å². The van der Waals surface area contributed by atoms with E-state index in [9.17, 15) is 19.6 Å². The van der Waals surface area contributed by atoms with Gasteiger partial charge in [0.05, 0.1) is 0 Å². The quantitative estimate of drug-likeness (QED) is 0.628. The molecule has 1 aromatic heterocycles. The molecule has 1 aliphatic heterocycles. The Bertz CT molecular complexity index is 1090. The van der Waals surface area contributed by atoms with E-state index in [-0.39, 0.29) is 18.2 Å². The van der Waals surface area contributed by atoms with Crippen molar-refractivity contribution in [2.45, 2.75) is 0 Å². The largest absolute Gasteiger partial charge is 0.454 e. The second kappa shape index (κ2) is 6.60. The zero-order valence-electron chi connectivity index (χ0n) is 14.0. The van der Waals surface area contributed by atoms with E-state index in [1.54, 1.807) is 24.3 Å². The first kappa shape index (κ1) is 17.0. The molecule has 0 saturated carbocycles. The zero-order chi connectivity index (χ0) is 18.8. The summed E-state index contributed by atoms with van der Waals surface area (Å²) < 4.78 is 12.5. The van der Waals surface area contributed by atoms with Gasteiger partial charge in [-0.05, 0) is 23.8 Å². The molecule has 2 heterocycles. The number of hydrogen-bond acceptors (Lipinski definition) is 6. The first-order chi connectivity index (χ1) is 12.4. The van der Waals surface area contributed by atoms with Crippen molar-refractivity contribution in [3.05, 3.63) is 56.2 Å². The molecule has 132 valence electrons. The maximum Gasteiger partial charge on any atom is 0.332 e. The van der Waals surface area contributed by atoms with E-state index in [2.05, 4.69) is 5.32 Å². The molecule has 0 fully saturated rings. The lowest BCUT2D eigenvalue weighted by molar-refractivity contribution is -0.112. The van der Waals surface area contributed by atoms with Crippen LogP contribution in [0.3, 0.4) is 0 Å². The summed E-state index contributed by atoms with van der Waals surface area (Å²) >= 11 is 0. The Kier molecular flexibility index (Phi) is 4.33. The number of amides is 1. The molecule has 26 heavy (non-hydrogen) atoms. The van der Waals surface area contributed by atoms with Crippen LogP contribution in [-0.4, -0.2) is 21.8 Å². The van der Waals surface area contributed by atoms with Gasteiger partial charge in [0.2, 0.25) is 6.79 Å². The van der Waals surface area contributed by atoms with Crippen LogP contribution in [0.15, 0.2) is 39.4 Å². The number of nitrogens with zero attached hydrogens (tertiary/aromatic N) is 3. The van der Waals surface area contributed by atoms with E-state index < -0.39 is 17.2 Å². The van der Waals surface area contributed by atoms with Crippen molar-refractivity contribution in [1.29, 1.82) is 5.26 Å². The van der Waals surface area contributed by atoms with Crippen LogP contribution >= 0.6 is 0 Å². The van der Waals surface area contributed by atoms with Gasteiger partial charge in [0, 0.05) is 20.2 Å². The molecule has 0 atom stereocenters. The maximum absolute atomic E-state index is 12.4. The lowest BCUT2D eigenvalue weighted by Crippen LogP contribution is -2.38. The Morgan fingerprint density at radius 3 is 2.65 bits per heavy atom. The molecular weight excluding hydrogens is 340 g/mol. The Morgan fingerprint density at radius 2 is 1.92 bits per heavy atom. The molecule has 3 rings (SSSR count). The van der Waals surface area contributed by atoms with Crippen molar-refractivity contribution in [1.82, 2.24) is 9.13 Å². The summed E-state index contributed by atoms with van der Waals surface area (Å²) in [6.07, 6.45) is 1.37. The topological polar surface area (TPSA) is 115 Å². The van der Waals surface area contributed by atoms with Gasteiger partial charge in [-0.2, -0.15) is 5.26 Å². The van der Waals surface area contributed by atoms with Crippen molar-refractivity contribution in [2.75, 3.05) is 12.1 Å². The molecule has 1 aromatic carbocycles. The van der Waals surface area contributed by atoms with Gasteiger partial charge in [-0.25, -0.2) is 4.79 Å². The minimum absolute atomic E-state index is 0.00469. The van der Waals surface area contributed by atoms with Crippen molar-refractivity contribution >= 4 is 17.8 Å². The lowest BCUT2D eigenvalue weighted by atomic mass is 10.1. The number of benzene rings is 1. The van der Waals surface area contributed by atoms with E-state index in [0.717, 1.165) is 15.2 Å². The van der Waals surface area contributed by atoms with E-state index in [1.165, 1.54) is 20.2 Å². The molecule has 1 N–H and O–H groups in total. The number of aromatic nitrogens is 2. The van der Waals surface area contributed by atoms with Crippen LogP contribution in [0.4, 0.5) is 5.82 Å². The van der Waals surface area contributed by atoms with E-state index in [1.807, 2.05) is 0 Å². The molecule has 9 heteroatoms. The van der Waals surface area contributed by atoms with E-state index in [0.29, 0.717) is 17.1 Å². The Labute approximate surface area is 147 Å². The van der Waals surface area contributed by atoms with Crippen LogP contribution < -0.4 is 26.0 Å². The normalized spacial score (nSPS) is 12.6. The highest BCUT2D eigenvalue weighted by molar-refractivity contribution is 6.09. The second-order valence-electron chi connectivity index (χ2n) is 5.51. The monoisotopic (exact) mass is 354 g/mol. The summed E-state index contributed by atoms with van der Waals surface area (Å²) in [5.74, 6) is 0.356. The molecule has 1 aliphatic rings. The Hall–Kier alpha value is -3.80. The maximum atomic E-state index is 12.4. The van der Waals surface area contributed by atoms with Gasteiger partial charge in [0.25, 0.3) is 11.5 Å². The predicted molar refractivity (Wildman–Crippen MR) is 91.7 cm³/mol. The van der Waals surface area contributed by atoms with Gasteiger partial charge in [-0.3, -0.25) is 18.7 Å². The number of ether oxygens (including phenoxy) is 2. The van der Waals surface area contributed by atoms with Crippen LogP contribution in [0.25, 0.3) is 6.08 Å². The number of rotatable bonds is 3. The first-order valence-corrected chi connectivity index (χ1v) is 7.50. The molecule has 0 unspecified atom stereocenters. The fourth-order valence-electron chi connectivity index (χ4n) is 2.35. The van der Waals surface area contributed by atoms with E-state index >= 15 is 0 Å². The van der Waals surface area contributed by atoms with Crippen LogP contribution in [-0.2, 0) is 18.9 Å². The van der Waals surface area contributed by atoms with Crippen molar-refractivity contribution < 1.29 is 14.3 Å². The molecule has 0 saturated heterocycles. The van der Waals surface area contributed by atoms with Gasteiger partial charge in [0.1, 0.15) is 17.5 Å². The summed E-state index contributed by atoms with van der Waals surface area (Å²) in [6.45, 7) is 0.116. The van der Waals surface area contributed by atoms with Gasteiger partial charge in [0.15, 0.2) is 11.5 Å². The number of anilines is 1. The van der Waals surface area contributed by atoms with Crippen molar-refractivity contribution in [3.8, 4) is 17.6 Å². The van der Waals surface area contributed by atoms with Gasteiger partial charge < -0.3 is 14.8 Å². The average Bonchev–Trinajstić information content (AvgIpc) is 3.10. The standard InChI is InChI=1S/C17H14N4O5/c1-20-14(7-15(22)21(2)17(20)24)19-16(23)11(8-18)5-10-3-4-12-13(6-10)26-9-25-12/h3-7H,9H2,1-2H3,(H,19,23). The SMILES string of the molecule is Cn1c(NC(=O)C(C#N)=Cc2ccc3c(c2)OCO3)cc(=O)n(C)c1=O. The van der Waals surface area contributed by atoms with Crippen LogP contribution in [0.2, 0.25) is 0 Å². The molecule has 9 nitrogen and oxygen atoms in total. The Balaban J connectivity index is 1.90. The minimum atomic E-state index is -0.742. The van der Waals surface area contributed by atoms with E-state index in [4.69, 9.17) is 9.47 Å². The number of fused-ring (bicyclic) bond motifs is 1. The third-order valence-electron chi connectivity index (χ3n) is 3.84. The molecular formula is C17H14N4O5. The fraction of sp³-hybridized carbons (Fsp3) is 0.176. The van der Waals surface area contributed by atoms with Gasteiger partial charge in [-0.15, -0.1) is 0 Å². The van der Waals surface area contributed by atoms with Crippen molar-refractivity contribution in [2.24, 2.45) is 14.1 Å². The molecule has 0 aliphatic carbocycles. The number of carbonyl (C=O) groups is 1. The summed E-state index contributed by atoms with van der Waals surface area (Å²) in [7, 11) is 2.74. The molecule has 0 bridgehead atoms. The highest BCUT2D eigenvalue weighted by Crippen LogP contribution is 2.33. The molecule has 2 aromatic rings. The number of hydrogen-bond donors (Lipinski definition) is 1. The molecule has 0 radical (unpaired) electrons. The first-order valence-electron chi connectivity index (χ1n) is 7.50.